The van der Waals surface area contributed by atoms with E-state index < -0.39 is 0 Å². The number of methoxy groups -OCH3 is 1. The largest absolute Gasteiger partial charge is 0.379 e. The van der Waals surface area contributed by atoms with Crippen molar-refractivity contribution in [2.45, 2.75) is 32.4 Å². The molecule has 1 aromatic heterocycles. The van der Waals surface area contributed by atoms with Gasteiger partial charge in [0.05, 0.1) is 5.60 Å². The molecule has 0 saturated carbocycles. The molecule has 0 spiro atoms. The van der Waals surface area contributed by atoms with Crippen LogP contribution in [0.5, 0.6) is 0 Å². The van der Waals surface area contributed by atoms with Crippen molar-refractivity contribution in [3.8, 4) is 0 Å². The van der Waals surface area contributed by atoms with Crippen LogP contribution in [0, 0.1) is 0 Å². The van der Waals surface area contributed by atoms with E-state index in [1.54, 1.807) is 14.2 Å². The second kappa shape index (κ2) is 3.96. The fourth-order valence-corrected chi connectivity index (χ4v) is 1.05. The van der Waals surface area contributed by atoms with Gasteiger partial charge in [-0.05, 0) is 20.3 Å². The number of hydrogen-bond donors (Lipinski definition) is 0. The predicted molar refractivity (Wildman–Crippen MR) is 53.2 cm³/mol. The quantitative estimate of drug-likeness (QED) is 0.705. The first kappa shape index (κ1) is 11.0. The van der Waals surface area contributed by atoms with Crippen LogP contribution >= 0.6 is 0 Å². The van der Waals surface area contributed by atoms with Crippen molar-refractivity contribution in [2.75, 3.05) is 7.11 Å². The Morgan fingerprint density at radius 1 is 1.57 bits per heavy atom. The Morgan fingerprint density at radius 3 is 2.64 bits per heavy atom. The fraction of sp³-hybridized carbons (Fsp3) is 0.778. The second-order valence-electron chi connectivity index (χ2n) is 3.96. The molecule has 5 nitrogen and oxygen atoms in total. The van der Waals surface area contributed by atoms with Crippen molar-refractivity contribution in [3.05, 3.63) is 16.8 Å². The lowest BCUT2D eigenvalue weighted by molar-refractivity contribution is 0.0110. The lowest BCUT2D eigenvalue weighted by atomic mass is 10.1. The molecule has 1 heterocycles. The molecule has 0 aromatic carbocycles. The molecule has 14 heavy (non-hydrogen) atoms. The smallest absolute Gasteiger partial charge is 0.345 e. The number of aromatic nitrogens is 3. The Kier molecular flexibility index (Phi) is 3.10. The first-order chi connectivity index (χ1) is 6.46. The van der Waals surface area contributed by atoms with Gasteiger partial charge in [-0.2, -0.15) is 5.10 Å². The molecule has 0 fully saturated rings. The van der Waals surface area contributed by atoms with Crippen molar-refractivity contribution >= 4 is 0 Å². The molecule has 80 valence electrons. The summed E-state index contributed by atoms with van der Waals surface area (Å²) in [6.45, 7) is 4.56. The lowest BCUT2D eigenvalue weighted by Gasteiger charge is -2.22. The second-order valence-corrected chi connectivity index (χ2v) is 3.96. The number of nitrogens with zero attached hydrogens (tertiary/aromatic N) is 3. The highest BCUT2D eigenvalue weighted by atomic mass is 16.5. The minimum atomic E-state index is -0.211. The first-order valence-electron chi connectivity index (χ1n) is 4.60. The minimum Gasteiger partial charge on any atom is -0.379 e. The minimum absolute atomic E-state index is 0.0862. The van der Waals surface area contributed by atoms with Gasteiger partial charge in [-0.15, -0.1) is 0 Å². The highest BCUT2D eigenvalue weighted by Crippen LogP contribution is 2.12. The molecule has 0 unspecified atom stereocenters. The maximum absolute atomic E-state index is 11.4. The summed E-state index contributed by atoms with van der Waals surface area (Å²) in [4.78, 5) is 11.4. The highest BCUT2D eigenvalue weighted by molar-refractivity contribution is 4.70. The third kappa shape index (κ3) is 2.45. The van der Waals surface area contributed by atoms with E-state index in [1.165, 1.54) is 15.6 Å². The van der Waals surface area contributed by atoms with Gasteiger partial charge in [-0.1, -0.05) is 0 Å². The maximum atomic E-state index is 11.4. The van der Waals surface area contributed by atoms with Crippen molar-refractivity contribution in [2.24, 2.45) is 7.05 Å². The molecule has 0 atom stereocenters. The van der Waals surface area contributed by atoms with Gasteiger partial charge >= 0.3 is 5.69 Å². The van der Waals surface area contributed by atoms with Gasteiger partial charge in [-0.3, -0.25) is 4.57 Å². The molecule has 0 radical (unpaired) electrons. The van der Waals surface area contributed by atoms with Crippen LogP contribution in [0.1, 0.15) is 20.3 Å². The van der Waals surface area contributed by atoms with Crippen LogP contribution in [-0.2, 0) is 18.3 Å². The number of hydrogen-bond acceptors (Lipinski definition) is 3. The van der Waals surface area contributed by atoms with Gasteiger partial charge in [0, 0.05) is 20.7 Å². The van der Waals surface area contributed by atoms with Crippen LogP contribution in [0.2, 0.25) is 0 Å². The van der Waals surface area contributed by atoms with Crippen LogP contribution in [0.3, 0.4) is 0 Å². The molecule has 0 aliphatic heterocycles. The Balaban J connectivity index is 2.63. The van der Waals surface area contributed by atoms with Crippen molar-refractivity contribution in [1.29, 1.82) is 0 Å². The lowest BCUT2D eigenvalue weighted by Crippen LogP contribution is -2.29. The number of ether oxygens (including phenoxy) is 1. The van der Waals surface area contributed by atoms with Crippen LogP contribution in [-0.4, -0.2) is 27.1 Å². The third-order valence-corrected chi connectivity index (χ3v) is 2.37. The van der Waals surface area contributed by atoms with Gasteiger partial charge in [0.25, 0.3) is 0 Å². The first-order valence-corrected chi connectivity index (χ1v) is 4.60. The molecule has 1 aromatic rings. The summed E-state index contributed by atoms with van der Waals surface area (Å²) in [5, 5.41) is 3.96. The molecular weight excluding hydrogens is 182 g/mol. The summed E-state index contributed by atoms with van der Waals surface area (Å²) >= 11 is 0. The molecule has 0 bridgehead atoms. The molecule has 0 aliphatic rings. The molecule has 0 aliphatic carbocycles. The monoisotopic (exact) mass is 199 g/mol. The average molecular weight is 199 g/mol. The van der Waals surface area contributed by atoms with Crippen molar-refractivity contribution in [3.63, 3.8) is 0 Å². The Bertz CT molecular complexity index is 351. The van der Waals surface area contributed by atoms with E-state index in [2.05, 4.69) is 5.10 Å². The molecule has 0 N–H and O–H groups in total. The van der Waals surface area contributed by atoms with E-state index in [4.69, 9.17) is 4.74 Å². The van der Waals surface area contributed by atoms with Crippen LogP contribution in [0.4, 0.5) is 0 Å². The third-order valence-electron chi connectivity index (χ3n) is 2.37. The van der Waals surface area contributed by atoms with E-state index in [-0.39, 0.29) is 11.3 Å². The van der Waals surface area contributed by atoms with E-state index in [0.29, 0.717) is 6.54 Å². The van der Waals surface area contributed by atoms with E-state index in [0.717, 1.165) is 6.42 Å². The van der Waals surface area contributed by atoms with Gasteiger partial charge in [0.1, 0.15) is 6.33 Å². The number of aryl methyl sites for hydroxylation is 2. The predicted octanol–water partition coefficient (Wildman–Crippen LogP) is 0.397. The molecule has 0 amide bonds. The SMILES string of the molecule is COC(C)(C)CCn1ncn(C)c1=O. The standard InChI is InChI=1S/C9H17N3O2/c1-9(2,14-4)5-6-12-8(13)11(3)7-10-12/h7H,5-6H2,1-4H3. The summed E-state index contributed by atoms with van der Waals surface area (Å²) in [6.07, 6.45) is 2.28. The van der Waals surface area contributed by atoms with E-state index >= 15 is 0 Å². The highest BCUT2D eigenvalue weighted by Gasteiger charge is 2.16. The summed E-state index contributed by atoms with van der Waals surface area (Å²) in [5.41, 5.74) is -0.298. The molecule has 5 heteroatoms. The van der Waals surface area contributed by atoms with Gasteiger partial charge in [0.15, 0.2) is 0 Å². The van der Waals surface area contributed by atoms with Crippen LogP contribution in [0.15, 0.2) is 11.1 Å². The van der Waals surface area contributed by atoms with Crippen LogP contribution < -0.4 is 5.69 Å². The molecule has 0 saturated heterocycles. The van der Waals surface area contributed by atoms with E-state index in [9.17, 15) is 4.79 Å². The summed E-state index contributed by atoms with van der Waals surface area (Å²) in [7, 11) is 3.36. The average Bonchev–Trinajstić information content (AvgIpc) is 2.45. The topological polar surface area (TPSA) is 49.0 Å². The molecule has 1 rings (SSSR count). The van der Waals surface area contributed by atoms with Gasteiger partial charge < -0.3 is 4.74 Å². The maximum Gasteiger partial charge on any atom is 0.345 e. The zero-order valence-electron chi connectivity index (χ0n) is 9.15. The van der Waals surface area contributed by atoms with Gasteiger partial charge in [0.2, 0.25) is 0 Å². The summed E-state index contributed by atoms with van der Waals surface area (Å²) in [5.74, 6) is 0. The zero-order valence-corrected chi connectivity index (χ0v) is 9.15. The number of rotatable bonds is 4. The summed E-state index contributed by atoms with van der Waals surface area (Å²) < 4.78 is 8.16. The van der Waals surface area contributed by atoms with E-state index in [1.807, 2.05) is 13.8 Å². The zero-order chi connectivity index (χ0) is 10.8. The van der Waals surface area contributed by atoms with Crippen molar-refractivity contribution in [1.82, 2.24) is 14.3 Å². The van der Waals surface area contributed by atoms with Crippen LogP contribution in [0.25, 0.3) is 0 Å². The summed E-state index contributed by atoms with van der Waals surface area (Å²) in [6, 6.07) is 0. The van der Waals surface area contributed by atoms with Gasteiger partial charge in [-0.25, -0.2) is 9.48 Å². The fourth-order valence-electron chi connectivity index (χ4n) is 1.05. The Morgan fingerprint density at radius 2 is 2.21 bits per heavy atom. The normalized spacial score (nSPS) is 12.0. The Labute approximate surface area is 83.3 Å². The molecular formula is C9H17N3O2. The van der Waals surface area contributed by atoms with Crippen molar-refractivity contribution < 1.29 is 4.74 Å². The Hall–Kier alpha value is -1.10.